The first-order valence-corrected chi connectivity index (χ1v) is 13.8. The van der Waals surface area contributed by atoms with Gasteiger partial charge in [-0.3, -0.25) is 9.59 Å². The molecule has 0 radical (unpaired) electrons. The van der Waals surface area contributed by atoms with E-state index in [0.717, 1.165) is 0 Å². The molecule has 0 bridgehead atoms. The molecule has 1 aliphatic heterocycles. The minimum absolute atomic E-state index is 0.0313. The van der Waals surface area contributed by atoms with Gasteiger partial charge >= 0.3 is 0 Å². The van der Waals surface area contributed by atoms with Crippen LogP contribution in [0.3, 0.4) is 0 Å². The van der Waals surface area contributed by atoms with Crippen LogP contribution < -0.4 is 21.6 Å². The molecule has 5 aromatic rings. The van der Waals surface area contributed by atoms with Crippen molar-refractivity contribution in [1.82, 2.24) is 9.97 Å². The van der Waals surface area contributed by atoms with Crippen LogP contribution >= 0.6 is 0 Å². The van der Waals surface area contributed by atoms with Gasteiger partial charge in [0.15, 0.2) is 34.5 Å². The number of nitrogens with two attached hydrogens (primary N) is 1. The highest BCUT2D eigenvalue weighted by molar-refractivity contribution is 6.62. The van der Waals surface area contributed by atoms with Gasteiger partial charge in [0, 0.05) is 57.9 Å². The Morgan fingerprint density at radius 2 is 1.50 bits per heavy atom. The van der Waals surface area contributed by atoms with Gasteiger partial charge in [-0.1, -0.05) is 0 Å². The lowest BCUT2D eigenvalue weighted by Gasteiger charge is -2.21. The monoisotopic (exact) mass is 594 g/mol. The lowest BCUT2D eigenvalue weighted by Crippen LogP contribution is -2.36. The first-order valence-electron chi connectivity index (χ1n) is 13.8. The molecule has 2 aromatic heterocycles. The van der Waals surface area contributed by atoms with Crippen LogP contribution in [0.1, 0.15) is 16.7 Å². The number of aromatic hydroxyl groups is 6. The minimum Gasteiger partial charge on any atom is -0.504 e. The summed E-state index contributed by atoms with van der Waals surface area (Å²) in [6.45, 7) is 0.642. The number of carbonyl (C=O) groups is 2. The van der Waals surface area contributed by atoms with E-state index in [-0.39, 0.29) is 50.8 Å². The second kappa shape index (κ2) is 9.57. The number of phenols is 6. The molecule has 0 saturated carbocycles. The summed E-state index contributed by atoms with van der Waals surface area (Å²) in [4.78, 5) is 31.6. The highest BCUT2D eigenvalue weighted by atomic mass is 16.3. The summed E-state index contributed by atoms with van der Waals surface area (Å²) in [6, 6.07) is 6.10. The molecule has 12 heteroatoms. The average molecular weight is 595 g/mol. The number of hydrogen-bond acceptors (Lipinski definition) is 10. The quantitative estimate of drug-likeness (QED) is 0.0804. The number of carbonyl (C=O) groups excluding carboxylic acids is 2. The Morgan fingerprint density at radius 1 is 0.795 bits per heavy atom. The number of aromatic nitrogens is 2. The van der Waals surface area contributed by atoms with Gasteiger partial charge in [-0.2, -0.15) is 0 Å². The van der Waals surface area contributed by atoms with E-state index in [1.807, 2.05) is 0 Å². The summed E-state index contributed by atoms with van der Waals surface area (Å²) in [5.74, 6) is -5.29. The van der Waals surface area contributed by atoms with Crippen LogP contribution in [0.5, 0.6) is 34.5 Å². The van der Waals surface area contributed by atoms with Gasteiger partial charge in [0.05, 0.1) is 27.7 Å². The van der Waals surface area contributed by atoms with E-state index in [9.17, 15) is 40.2 Å². The van der Waals surface area contributed by atoms with E-state index in [1.54, 1.807) is 24.4 Å². The molecular formula is C32H26N4O8. The molecule has 7 rings (SSSR count). The van der Waals surface area contributed by atoms with Crippen molar-refractivity contribution in [3.63, 3.8) is 0 Å². The standard InChI is InChI=1S/C32H26N4O8/c33-5-1-12-9-16(27(39)18(37)10-12)20-14-3-7-35-25(14)24(31(43)29(20)41)22-15-4-8-36-26(15)23(32(44)30(22)42)21-13-2-6-34-17(13)11-19(38)28(21)40/h2,4,6,8-11,34-37,39,41-44H,1,3,5,7,33H2. The number of hydrogen-bond donors (Lipinski definition) is 10. The van der Waals surface area contributed by atoms with Crippen LogP contribution in [-0.4, -0.2) is 65.3 Å². The van der Waals surface area contributed by atoms with Gasteiger partial charge in [0.2, 0.25) is 11.6 Å². The van der Waals surface area contributed by atoms with Gasteiger partial charge in [-0.15, -0.1) is 0 Å². The molecule has 44 heavy (non-hydrogen) atoms. The second-order valence-electron chi connectivity index (χ2n) is 10.8. The number of Topliss-reactive ketones (excluding diaryl/α,β-unsaturated/α-hetero) is 2. The number of aromatic amines is 2. The third-order valence-corrected chi connectivity index (χ3v) is 8.32. The summed E-state index contributed by atoms with van der Waals surface area (Å²) in [5.41, 5.74) is 7.17. The number of ketones is 2. The lowest BCUT2D eigenvalue weighted by molar-refractivity contribution is -0.129. The Morgan fingerprint density at radius 3 is 2.27 bits per heavy atom. The molecule has 12 nitrogen and oxygen atoms in total. The normalized spacial score (nSPS) is 14.1. The van der Waals surface area contributed by atoms with Crippen LogP contribution in [0, 0.1) is 0 Å². The topological polar surface area (TPSA) is 225 Å². The Kier molecular flexibility index (Phi) is 5.87. The van der Waals surface area contributed by atoms with E-state index in [1.165, 1.54) is 18.3 Å². The van der Waals surface area contributed by atoms with Crippen LogP contribution in [0.4, 0.5) is 5.69 Å². The number of anilines is 1. The lowest BCUT2D eigenvalue weighted by atomic mass is 9.85. The van der Waals surface area contributed by atoms with Crippen LogP contribution in [0.2, 0.25) is 0 Å². The number of rotatable bonds is 5. The zero-order valence-corrected chi connectivity index (χ0v) is 22.9. The summed E-state index contributed by atoms with van der Waals surface area (Å²) in [6.07, 6.45) is 4.95. The van der Waals surface area contributed by atoms with Crippen molar-refractivity contribution in [2.45, 2.75) is 12.8 Å². The third-order valence-electron chi connectivity index (χ3n) is 8.32. The zero-order valence-electron chi connectivity index (χ0n) is 22.9. The van der Waals surface area contributed by atoms with Gasteiger partial charge in [-0.05, 0) is 54.8 Å². The summed E-state index contributed by atoms with van der Waals surface area (Å²) >= 11 is 0. The molecule has 0 spiro atoms. The SMILES string of the molecule is NCCc1cc(O)c(O)c(-c2c(O)c(O)c(-c3c(O)c(O)c(C4=c5cc[nH]c5=CC(=O)C4=O)c4[nH]ccc34)c3c2CCN3)c1. The fourth-order valence-electron chi connectivity index (χ4n) is 6.42. The first-order chi connectivity index (χ1) is 21.1. The molecule has 0 atom stereocenters. The molecule has 3 aromatic carbocycles. The van der Waals surface area contributed by atoms with E-state index < -0.39 is 46.1 Å². The Labute approximate surface area is 247 Å². The van der Waals surface area contributed by atoms with Crippen molar-refractivity contribution < 1.29 is 40.2 Å². The number of fused-ring (bicyclic) bond motifs is 3. The molecule has 222 valence electrons. The largest absolute Gasteiger partial charge is 0.504 e. The molecule has 1 aliphatic carbocycles. The Bertz CT molecular complexity index is 2230. The van der Waals surface area contributed by atoms with Crippen LogP contribution in [0.25, 0.3) is 44.8 Å². The molecule has 0 amide bonds. The maximum atomic E-state index is 13.1. The molecule has 0 saturated heterocycles. The highest BCUT2D eigenvalue weighted by Crippen LogP contribution is 2.59. The third kappa shape index (κ3) is 3.61. The Hall–Kier alpha value is -5.88. The number of phenolic OH excluding ortho intramolecular Hbond substituents is 6. The van der Waals surface area contributed by atoms with Crippen molar-refractivity contribution in [3.05, 3.63) is 63.9 Å². The fraction of sp³-hybridized carbons (Fsp3) is 0.125. The maximum Gasteiger partial charge on any atom is 0.234 e. The minimum atomic E-state index is -0.872. The van der Waals surface area contributed by atoms with Crippen molar-refractivity contribution in [2.24, 2.45) is 5.73 Å². The van der Waals surface area contributed by atoms with E-state index in [2.05, 4.69) is 15.3 Å². The smallest absolute Gasteiger partial charge is 0.234 e. The van der Waals surface area contributed by atoms with Gasteiger partial charge in [0.25, 0.3) is 0 Å². The number of H-pyrrole nitrogens is 2. The van der Waals surface area contributed by atoms with E-state index >= 15 is 0 Å². The van der Waals surface area contributed by atoms with Gasteiger partial charge in [0.1, 0.15) is 0 Å². The van der Waals surface area contributed by atoms with Gasteiger partial charge in [-0.25, -0.2) is 0 Å². The summed E-state index contributed by atoms with van der Waals surface area (Å²) in [5, 5.41) is 71.4. The second-order valence-corrected chi connectivity index (χ2v) is 10.8. The molecular weight excluding hydrogens is 568 g/mol. The molecule has 0 unspecified atom stereocenters. The maximum absolute atomic E-state index is 13.1. The molecule has 2 aliphatic rings. The summed E-state index contributed by atoms with van der Waals surface area (Å²) < 4.78 is 0. The van der Waals surface area contributed by atoms with Crippen LogP contribution in [-0.2, 0) is 22.4 Å². The Balaban J connectivity index is 1.54. The van der Waals surface area contributed by atoms with E-state index in [4.69, 9.17) is 5.73 Å². The van der Waals surface area contributed by atoms with Crippen LogP contribution in [0.15, 0.2) is 36.7 Å². The van der Waals surface area contributed by atoms with Crippen molar-refractivity contribution in [2.75, 3.05) is 18.4 Å². The molecule has 0 fully saturated rings. The first kappa shape index (κ1) is 27.0. The average Bonchev–Trinajstić information content (AvgIpc) is 3.77. The number of nitrogens with one attached hydrogen (secondary N) is 3. The van der Waals surface area contributed by atoms with Crippen molar-refractivity contribution in [3.8, 4) is 56.8 Å². The summed E-state index contributed by atoms with van der Waals surface area (Å²) in [7, 11) is 0. The predicted molar refractivity (Wildman–Crippen MR) is 161 cm³/mol. The predicted octanol–water partition coefficient (Wildman–Crippen LogP) is 1.66. The number of benzene rings is 3. The zero-order chi connectivity index (χ0) is 31.0. The molecule has 11 N–H and O–H groups in total. The highest BCUT2D eigenvalue weighted by Gasteiger charge is 2.35. The van der Waals surface area contributed by atoms with Crippen molar-refractivity contribution in [1.29, 1.82) is 0 Å². The van der Waals surface area contributed by atoms with Crippen molar-refractivity contribution >= 4 is 39.8 Å². The van der Waals surface area contributed by atoms with Gasteiger partial charge < -0.3 is 51.7 Å². The fourth-order valence-corrected chi connectivity index (χ4v) is 6.42. The van der Waals surface area contributed by atoms with E-state index in [0.29, 0.717) is 46.8 Å². The molecule has 3 heterocycles.